The first-order valence-corrected chi connectivity index (χ1v) is 8.72. The van der Waals surface area contributed by atoms with Gasteiger partial charge >= 0.3 is 6.03 Å². The first-order chi connectivity index (χ1) is 11.7. The Morgan fingerprint density at radius 2 is 1.92 bits per heavy atom. The summed E-state index contributed by atoms with van der Waals surface area (Å²) in [7, 11) is 0. The van der Waals surface area contributed by atoms with Crippen LogP contribution in [-0.2, 0) is 11.3 Å². The Labute approximate surface area is 150 Å². The quantitative estimate of drug-likeness (QED) is 0.787. The van der Waals surface area contributed by atoms with Crippen molar-refractivity contribution < 1.29 is 9.59 Å². The molecule has 25 heavy (non-hydrogen) atoms. The van der Waals surface area contributed by atoms with Crippen molar-refractivity contribution in [3.05, 3.63) is 35.9 Å². The molecule has 2 N–H and O–H groups in total. The van der Waals surface area contributed by atoms with Gasteiger partial charge in [0, 0.05) is 5.54 Å². The molecule has 1 heterocycles. The maximum absolute atomic E-state index is 12.2. The molecule has 0 saturated heterocycles. The molecule has 1 unspecified atom stereocenters. The number of imide groups is 1. The summed E-state index contributed by atoms with van der Waals surface area (Å²) < 4.78 is 1.62. The van der Waals surface area contributed by atoms with E-state index in [1.807, 2.05) is 51.1 Å². The molecule has 8 nitrogen and oxygen atoms in total. The van der Waals surface area contributed by atoms with Crippen LogP contribution in [0.1, 0.15) is 33.3 Å². The highest BCUT2D eigenvalue weighted by atomic mass is 32.2. The minimum absolute atomic E-state index is 0.402. The Kier molecular flexibility index (Phi) is 6.13. The molecule has 0 aliphatic carbocycles. The molecule has 0 saturated carbocycles. The van der Waals surface area contributed by atoms with Crippen molar-refractivity contribution in [3.8, 4) is 0 Å². The topological polar surface area (TPSA) is 102 Å². The largest absolute Gasteiger partial charge is 0.333 e. The lowest BCUT2D eigenvalue weighted by Crippen LogP contribution is -2.49. The number of nitrogens with one attached hydrogen (secondary N) is 2. The molecule has 0 aliphatic heterocycles. The second kappa shape index (κ2) is 8.11. The third-order valence-corrected chi connectivity index (χ3v) is 4.12. The summed E-state index contributed by atoms with van der Waals surface area (Å²) in [5, 5.41) is 16.6. The standard InChI is InChI=1S/C16H22N6O2S/c1-11(13(23)17-14(24)18-16(2,3)4)25-15-19-20-21-22(15)10-12-8-6-5-7-9-12/h5-9,11H,10H2,1-4H3,(H2,17,18,23,24). The van der Waals surface area contributed by atoms with Crippen molar-refractivity contribution >= 4 is 23.7 Å². The molecule has 3 amide bonds. The maximum atomic E-state index is 12.2. The molecule has 1 aromatic heterocycles. The van der Waals surface area contributed by atoms with Gasteiger partial charge in [0.1, 0.15) is 0 Å². The van der Waals surface area contributed by atoms with Crippen molar-refractivity contribution in [1.29, 1.82) is 0 Å². The highest BCUT2D eigenvalue weighted by Crippen LogP contribution is 2.21. The molecule has 0 spiro atoms. The summed E-state index contributed by atoms with van der Waals surface area (Å²) in [6.07, 6.45) is 0. The van der Waals surface area contributed by atoms with Gasteiger partial charge in [-0.3, -0.25) is 10.1 Å². The van der Waals surface area contributed by atoms with Crippen LogP contribution in [0, 0.1) is 0 Å². The number of tetrazole rings is 1. The van der Waals surface area contributed by atoms with E-state index >= 15 is 0 Å². The first kappa shape index (κ1) is 18.9. The van der Waals surface area contributed by atoms with Crippen LogP contribution in [0.5, 0.6) is 0 Å². The first-order valence-electron chi connectivity index (χ1n) is 7.84. The number of amides is 3. The minimum Gasteiger partial charge on any atom is -0.333 e. The van der Waals surface area contributed by atoms with Crippen LogP contribution >= 0.6 is 11.8 Å². The molecule has 0 fully saturated rings. The Balaban J connectivity index is 1.94. The highest BCUT2D eigenvalue weighted by Gasteiger charge is 2.22. The number of hydrogen-bond acceptors (Lipinski definition) is 6. The average molecular weight is 362 g/mol. The molecule has 9 heteroatoms. The average Bonchev–Trinajstić information content (AvgIpc) is 2.93. The summed E-state index contributed by atoms with van der Waals surface area (Å²) in [6, 6.07) is 9.25. The number of rotatable bonds is 5. The SMILES string of the molecule is CC(Sc1nnnn1Cc1ccccc1)C(=O)NC(=O)NC(C)(C)C. The van der Waals surface area contributed by atoms with Gasteiger partial charge in [0.05, 0.1) is 11.8 Å². The molecule has 0 radical (unpaired) electrons. The normalized spacial score (nSPS) is 12.5. The van der Waals surface area contributed by atoms with E-state index in [0.717, 1.165) is 5.56 Å². The molecule has 134 valence electrons. The van der Waals surface area contributed by atoms with Crippen molar-refractivity contribution in [2.24, 2.45) is 0 Å². The fraction of sp³-hybridized carbons (Fsp3) is 0.438. The molecule has 2 aromatic rings. The summed E-state index contributed by atoms with van der Waals surface area (Å²) in [4.78, 5) is 24.0. The number of thioether (sulfide) groups is 1. The van der Waals surface area contributed by atoms with Gasteiger partial charge in [0.15, 0.2) is 0 Å². The van der Waals surface area contributed by atoms with Crippen LogP contribution in [-0.4, -0.2) is 42.9 Å². The van der Waals surface area contributed by atoms with Gasteiger partial charge in [-0.05, 0) is 43.7 Å². The minimum atomic E-state index is -0.522. The van der Waals surface area contributed by atoms with Gasteiger partial charge in [0.2, 0.25) is 11.1 Å². The molecule has 0 aliphatic rings. The van der Waals surface area contributed by atoms with Gasteiger partial charge in [-0.25, -0.2) is 9.48 Å². The zero-order valence-corrected chi connectivity index (χ0v) is 15.5. The van der Waals surface area contributed by atoms with E-state index in [2.05, 4.69) is 26.2 Å². The van der Waals surface area contributed by atoms with Crippen molar-refractivity contribution in [1.82, 2.24) is 30.8 Å². The van der Waals surface area contributed by atoms with Gasteiger partial charge in [-0.2, -0.15) is 0 Å². The Morgan fingerprint density at radius 1 is 1.24 bits per heavy atom. The fourth-order valence-electron chi connectivity index (χ4n) is 1.93. The number of nitrogens with zero attached hydrogens (tertiary/aromatic N) is 4. The molecule has 1 atom stereocenters. The number of benzene rings is 1. The molecular weight excluding hydrogens is 340 g/mol. The number of carbonyl (C=O) groups is 2. The van der Waals surface area contributed by atoms with E-state index in [4.69, 9.17) is 0 Å². The lowest BCUT2D eigenvalue weighted by atomic mass is 10.1. The smallest absolute Gasteiger partial charge is 0.321 e. The van der Waals surface area contributed by atoms with Crippen molar-refractivity contribution in [2.45, 2.75) is 50.2 Å². The van der Waals surface area contributed by atoms with E-state index < -0.39 is 22.7 Å². The third kappa shape index (κ3) is 6.18. The van der Waals surface area contributed by atoms with E-state index in [1.54, 1.807) is 11.6 Å². The molecule has 0 bridgehead atoms. The zero-order valence-electron chi connectivity index (χ0n) is 14.7. The van der Waals surface area contributed by atoms with Crippen LogP contribution in [0.4, 0.5) is 4.79 Å². The summed E-state index contributed by atoms with van der Waals surface area (Å²) in [5.41, 5.74) is 0.638. The van der Waals surface area contributed by atoms with Gasteiger partial charge in [0.25, 0.3) is 0 Å². The monoisotopic (exact) mass is 362 g/mol. The predicted octanol–water partition coefficient (Wildman–Crippen LogP) is 1.83. The summed E-state index contributed by atoms with van der Waals surface area (Å²) >= 11 is 1.20. The molecule has 2 rings (SSSR count). The van der Waals surface area contributed by atoms with E-state index in [1.165, 1.54) is 11.8 Å². The van der Waals surface area contributed by atoms with E-state index in [0.29, 0.717) is 11.7 Å². The maximum Gasteiger partial charge on any atom is 0.321 e. The van der Waals surface area contributed by atoms with E-state index in [-0.39, 0.29) is 0 Å². The Bertz CT molecular complexity index is 726. The number of hydrogen-bond donors (Lipinski definition) is 2. The van der Waals surface area contributed by atoms with Gasteiger partial charge in [-0.15, -0.1) is 5.10 Å². The lowest BCUT2D eigenvalue weighted by Gasteiger charge is -2.21. The Morgan fingerprint density at radius 3 is 2.56 bits per heavy atom. The second-order valence-electron chi connectivity index (χ2n) is 6.56. The van der Waals surface area contributed by atoms with Crippen LogP contribution in [0.2, 0.25) is 0 Å². The van der Waals surface area contributed by atoms with Crippen LogP contribution in [0.25, 0.3) is 0 Å². The zero-order chi connectivity index (χ0) is 18.4. The Hall–Kier alpha value is -2.42. The molecular formula is C16H22N6O2S. The fourth-order valence-corrected chi connectivity index (χ4v) is 2.72. The number of carbonyl (C=O) groups excluding carboxylic acids is 2. The van der Waals surface area contributed by atoms with Crippen molar-refractivity contribution in [2.75, 3.05) is 0 Å². The van der Waals surface area contributed by atoms with Crippen LogP contribution in [0.3, 0.4) is 0 Å². The highest BCUT2D eigenvalue weighted by molar-refractivity contribution is 8.00. The number of urea groups is 1. The van der Waals surface area contributed by atoms with Crippen LogP contribution in [0.15, 0.2) is 35.5 Å². The predicted molar refractivity (Wildman–Crippen MR) is 95.1 cm³/mol. The molecule has 1 aromatic carbocycles. The van der Waals surface area contributed by atoms with Crippen LogP contribution < -0.4 is 10.6 Å². The van der Waals surface area contributed by atoms with Crippen molar-refractivity contribution in [3.63, 3.8) is 0 Å². The summed E-state index contributed by atoms with van der Waals surface area (Å²) in [6.45, 7) is 7.73. The lowest BCUT2D eigenvalue weighted by molar-refractivity contribution is -0.119. The van der Waals surface area contributed by atoms with E-state index in [9.17, 15) is 9.59 Å². The van der Waals surface area contributed by atoms with Gasteiger partial charge in [-0.1, -0.05) is 42.1 Å². The summed E-state index contributed by atoms with van der Waals surface area (Å²) in [5.74, 6) is -0.402. The second-order valence-corrected chi connectivity index (χ2v) is 7.87. The third-order valence-electron chi connectivity index (χ3n) is 3.05. The number of aromatic nitrogens is 4. The van der Waals surface area contributed by atoms with Gasteiger partial charge < -0.3 is 5.32 Å².